The van der Waals surface area contributed by atoms with Crippen LogP contribution in [0.4, 0.5) is 13.2 Å². The van der Waals surface area contributed by atoms with E-state index in [1.807, 2.05) is 6.92 Å². The second kappa shape index (κ2) is 14.3. The van der Waals surface area contributed by atoms with E-state index in [4.69, 9.17) is 18.9 Å². The number of halogens is 3. The molecule has 6 rings (SSSR count). The van der Waals surface area contributed by atoms with Crippen molar-refractivity contribution in [1.82, 2.24) is 4.13 Å². The van der Waals surface area contributed by atoms with Crippen molar-refractivity contribution < 1.29 is 67.5 Å². The van der Waals surface area contributed by atoms with Crippen LogP contribution in [-0.2, 0) is 57.8 Å². The Morgan fingerprint density at radius 2 is 1.40 bits per heavy atom. The maximum absolute atomic E-state index is 14.6. The smallest absolute Gasteiger partial charge is 0.390 e. The molecule has 1 heterocycles. The Labute approximate surface area is 278 Å². The maximum atomic E-state index is 14.6. The van der Waals surface area contributed by atoms with Gasteiger partial charge in [-0.05, 0) is 69.1 Å². The first-order chi connectivity index (χ1) is 22.4. The lowest BCUT2D eigenvalue weighted by molar-refractivity contribution is -0.175. The van der Waals surface area contributed by atoms with Crippen LogP contribution in [0.3, 0.4) is 0 Å². The fourth-order valence-electron chi connectivity index (χ4n) is 8.29. The molecule has 0 aromatic carbocycles. The number of hydrogen-bond donors (Lipinski definition) is 1. The average molecular weight is 732 g/mol. The molecule has 0 aromatic heterocycles. The lowest BCUT2D eigenvalue weighted by Gasteiger charge is -2.55. The van der Waals surface area contributed by atoms with Crippen molar-refractivity contribution in [1.29, 1.82) is 0 Å². The van der Waals surface area contributed by atoms with Gasteiger partial charge in [0.05, 0.1) is 37.1 Å². The van der Waals surface area contributed by atoms with E-state index in [0.717, 1.165) is 19.3 Å². The molecular weight excluding hydrogens is 687 g/mol. The number of nitrogens with one attached hydrogen (secondary N) is 1. The van der Waals surface area contributed by atoms with E-state index in [1.54, 1.807) is 0 Å². The first kappa shape index (κ1) is 37.2. The Bertz CT molecular complexity index is 1400. The summed E-state index contributed by atoms with van der Waals surface area (Å²) in [4.78, 5) is 38.2. The SMILES string of the molecule is CC1(COC(=O)C2CCCCC2C(=O)OCCOS(=O)(=O)NS(=O)(=O)C(F)(F)C(F)CCOC(=O)C23CC4CC(CC(C4)C2)C3)COC1. The summed E-state index contributed by atoms with van der Waals surface area (Å²) in [5.41, 5.74) is -1.01. The van der Waals surface area contributed by atoms with Gasteiger partial charge in [-0.15, -0.1) is 0 Å². The fraction of sp³-hybridized carbons (Fsp3) is 0.900. The van der Waals surface area contributed by atoms with Crippen LogP contribution in [0.5, 0.6) is 0 Å². The van der Waals surface area contributed by atoms with Crippen molar-refractivity contribution in [3.05, 3.63) is 0 Å². The van der Waals surface area contributed by atoms with Crippen molar-refractivity contribution in [2.24, 2.45) is 40.4 Å². The summed E-state index contributed by atoms with van der Waals surface area (Å²) < 4.78 is 118. The van der Waals surface area contributed by atoms with Crippen LogP contribution >= 0.6 is 0 Å². The molecule has 274 valence electrons. The normalized spacial score (nSPS) is 31.8. The molecule has 0 radical (unpaired) electrons. The van der Waals surface area contributed by atoms with Crippen LogP contribution in [0.15, 0.2) is 0 Å². The Balaban J connectivity index is 1.04. The number of sulfonamides is 1. The van der Waals surface area contributed by atoms with E-state index >= 15 is 0 Å². The van der Waals surface area contributed by atoms with Crippen molar-refractivity contribution in [3.8, 4) is 0 Å². The molecule has 0 aromatic rings. The second-order valence-corrected chi connectivity index (χ2v) is 18.0. The van der Waals surface area contributed by atoms with Gasteiger partial charge >= 0.3 is 33.5 Å². The number of carbonyl (C=O) groups excluding carboxylic acids is 3. The average Bonchev–Trinajstić information content (AvgIpc) is 2.99. The van der Waals surface area contributed by atoms with Crippen LogP contribution in [0.25, 0.3) is 0 Å². The molecule has 6 fully saturated rings. The molecule has 13 nitrogen and oxygen atoms in total. The van der Waals surface area contributed by atoms with Gasteiger partial charge in [-0.25, -0.2) is 12.8 Å². The minimum atomic E-state index is -6.18. The Kier molecular flexibility index (Phi) is 11.1. The topological polar surface area (TPSA) is 178 Å². The van der Waals surface area contributed by atoms with Crippen molar-refractivity contribution in [2.75, 3.05) is 39.6 Å². The fourth-order valence-corrected chi connectivity index (χ4v) is 10.7. The quantitative estimate of drug-likeness (QED) is 0.140. The first-order valence-electron chi connectivity index (χ1n) is 16.5. The largest absolute Gasteiger partial charge is 0.465 e. The highest BCUT2D eigenvalue weighted by molar-refractivity contribution is 8.03. The predicted octanol–water partition coefficient (Wildman–Crippen LogP) is 3.18. The lowest BCUT2D eigenvalue weighted by atomic mass is 9.49. The minimum absolute atomic E-state index is 0.128. The third-order valence-corrected chi connectivity index (χ3v) is 13.6. The molecule has 0 amide bonds. The molecule has 0 spiro atoms. The van der Waals surface area contributed by atoms with Crippen molar-refractivity contribution in [3.63, 3.8) is 0 Å². The van der Waals surface area contributed by atoms with Crippen LogP contribution < -0.4 is 4.13 Å². The first-order valence-corrected chi connectivity index (χ1v) is 19.4. The zero-order valence-corrected chi connectivity index (χ0v) is 28.5. The van der Waals surface area contributed by atoms with Gasteiger partial charge in [0.15, 0.2) is 6.17 Å². The summed E-state index contributed by atoms with van der Waals surface area (Å²) in [5, 5.41) is -5.23. The van der Waals surface area contributed by atoms with E-state index in [9.17, 15) is 44.4 Å². The van der Waals surface area contributed by atoms with E-state index in [0.29, 0.717) is 80.0 Å². The Morgan fingerprint density at radius 3 is 1.92 bits per heavy atom. The summed E-state index contributed by atoms with van der Waals surface area (Å²) in [5.74, 6) is -2.42. The zero-order chi connectivity index (χ0) is 35.0. The molecule has 48 heavy (non-hydrogen) atoms. The number of esters is 3. The molecule has 6 aliphatic rings. The second-order valence-electron chi connectivity index (χ2n) is 14.6. The van der Waals surface area contributed by atoms with E-state index in [2.05, 4.69) is 4.18 Å². The number of carbonyl (C=O) groups is 3. The molecule has 3 unspecified atom stereocenters. The van der Waals surface area contributed by atoms with E-state index in [1.165, 1.54) is 0 Å². The van der Waals surface area contributed by atoms with Crippen LogP contribution in [0, 0.1) is 40.4 Å². The minimum Gasteiger partial charge on any atom is -0.465 e. The summed E-state index contributed by atoms with van der Waals surface area (Å²) in [7, 11) is -11.6. The van der Waals surface area contributed by atoms with Crippen LogP contribution in [0.1, 0.15) is 77.6 Å². The number of ether oxygens (including phenoxy) is 4. The molecule has 3 atom stereocenters. The van der Waals surface area contributed by atoms with Crippen LogP contribution in [-0.4, -0.2) is 85.8 Å². The summed E-state index contributed by atoms with van der Waals surface area (Å²) >= 11 is 0. The van der Waals surface area contributed by atoms with Gasteiger partial charge in [0.25, 0.3) is 10.0 Å². The standard InChI is InChI=1S/C30H44F3NO12S2/c1-28(16-42-17-28)18-45-26(36)23-5-3-2-4-22(23)25(35)43-8-9-46-48(40,41)34-47(38,39)30(32,33)24(31)6-7-44-27(37)29-13-19-10-20(14-29)12-21(11-19)15-29/h19-24,34H,2-18H2,1H3. The Hall–Kier alpha value is -2.02. The Morgan fingerprint density at radius 1 is 0.854 bits per heavy atom. The highest BCUT2D eigenvalue weighted by atomic mass is 32.3. The van der Waals surface area contributed by atoms with Crippen molar-refractivity contribution >= 4 is 38.2 Å². The molecule has 1 N–H and O–H groups in total. The molecule has 18 heteroatoms. The summed E-state index contributed by atoms with van der Waals surface area (Å²) in [6.45, 7) is 0.425. The van der Waals surface area contributed by atoms with Gasteiger partial charge in [-0.3, -0.25) is 18.6 Å². The van der Waals surface area contributed by atoms with Crippen molar-refractivity contribution in [2.45, 2.75) is 89.0 Å². The predicted molar refractivity (Wildman–Crippen MR) is 159 cm³/mol. The third kappa shape index (κ3) is 8.29. The third-order valence-electron chi connectivity index (χ3n) is 10.4. The molecule has 1 saturated heterocycles. The summed E-state index contributed by atoms with van der Waals surface area (Å²) in [6, 6.07) is 0. The molecule has 5 saturated carbocycles. The zero-order valence-electron chi connectivity index (χ0n) is 26.8. The molecule has 1 aliphatic heterocycles. The monoisotopic (exact) mass is 731 g/mol. The number of rotatable bonds is 16. The highest BCUT2D eigenvalue weighted by Gasteiger charge is 2.57. The van der Waals surface area contributed by atoms with E-state index in [-0.39, 0.29) is 12.0 Å². The van der Waals surface area contributed by atoms with Gasteiger partial charge in [0.2, 0.25) is 0 Å². The van der Waals surface area contributed by atoms with Crippen LogP contribution in [0.2, 0.25) is 0 Å². The number of alkyl halides is 3. The van der Waals surface area contributed by atoms with Gasteiger partial charge in [-0.1, -0.05) is 23.9 Å². The van der Waals surface area contributed by atoms with Gasteiger partial charge < -0.3 is 18.9 Å². The molecule has 5 aliphatic carbocycles. The summed E-state index contributed by atoms with van der Waals surface area (Å²) in [6.07, 6.45) is 2.46. The lowest BCUT2D eigenvalue weighted by Crippen LogP contribution is -2.51. The molecular formula is C30H44F3NO12S2. The maximum Gasteiger partial charge on any atom is 0.390 e. The highest BCUT2D eigenvalue weighted by Crippen LogP contribution is 2.60. The van der Waals surface area contributed by atoms with Gasteiger partial charge in [0.1, 0.15) is 19.8 Å². The van der Waals surface area contributed by atoms with Gasteiger partial charge in [-0.2, -0.15) is 17.2 Å². The van der Waals surface area contributed by atoms with E-state index < -0.39 is 93.2 Å². The number of hydrogen-bond acceptors (Lipinski definition) is 12. The molecule has 4 bridgehead atoms. The van der Waals surface area contributed by atoms with Gasteiger partial charge in [0, 0.05) is 11.8 Å².